The molecule has 1 aliphatic heterocycles. The Balaban J connectivity index is 1.37. The van der Waals surface area contributed by atoms with Crippen LogP contribution >= 0.6 is 0 Å². The Labute approximate surface area is 121 Å². The van der Waals surface area contributed by atoms with Gasteiger partial charge >= 0.3 is 0 Å². The Bertz CT molecular complexity index is 439. The quantitative estimate of drug-likeness (QED) is 0.564. The van der Waals surface area contributed by atoms with E-state index in [2.05, 4.69) is 19.1 Å². The van der Waals surface area contributed by atoms with Crippen molar-refractivity contribution < 1.29 is 9.47 Å². The van der Waals surface area contributed by atoms with Crippen molar-refractivity contribution in [2.45, 2.75) is 57.3 Å². The average Bonchev–Trinajstić information content (AvgIpc) is 3.16. The SMILES string of the molecule is CC1(OC2CCCCO2)CC2CC1C1C3C=CC(C3)C21. The highest BCUT2D eigenvalue weighted by molar-refractivity contribution is 5.23. The maximum absolute atomic E-state index is 6.54. The van der Waals surface area contributed by atoms with Gasteiger partial charge in [-0.3, -0.25) is 0 Å². The van der Waals surface area contributed by atoms with Crippen LogP contribution in [-0.2, 0) is 9.47 Å². The molecule has 4 bridgehead atoms. The standard InChI is InChI=1S/C18H26O2/c1-18(20-15-4-2-3-7-19-15)10-13-9-14(18)17-12-6-5-11(8-12)16(13)17/h5-6,11-17H,2-4,7-10H2,1H3. The molecule has 0 aromatic heterocycles. The van der Waals surface area contributed by atoms with E-state index in [1.165, 1.54) is 32.1 Å². The third-order valence-corrected chi connectivity index (χ3v) is 7.14. The molecule has 4 fully saturated rings. The summed E-state index contributed by atoms with van der Waals surface area (Å²) in [6, 6.07) is 0. The molecule has 20 heavy (non-hydrogen) atoms. The number of hydrogen-bond acceptors (Lipinski definition) is 2. The van der Waals surface area contributed by atoms with Crippen LogP contribution in [0.25, 0.3) is 0 Å². The number of hydrogen-bond donors (Lipinski definition) is 0. The van der Waals surface area contributed by atoms with Gasteiger partial charge in [0.2, 0.25) is 0 Å². The van der Waals surface area contributed by atoms with Gasteiger partial charge in [0.05, 0.1) is 5.60 Å². The Morgan fingerprint density at radius 1 is 1.10 bits per heavy atom. The smallest absolute Gasteiger partial charge is 0.158 e. The number of allylic oxidation sites excluding steroid dienone is 2. The van der Waals surface area contributed by atoms with Gasteiger partial charge in [0.15, 0.2) is 6.29 Å². The molecule has 1 heterocycles. The first kappa shape index (κ1) is 12.2. The predicted octanol–water partition coefficient (Wildman–Crippen LogP) is 3.77. The highest BCUT2D eigenvalue weighted by Gasteiger charge is 2.65. The van der Waals surface area contributed by atoms with E-state index in [9.17, 15) is 0 Å². The van der Waals surface area contributed by atoms with E-state index < -0.39 is 0 Å². The largest absolute Gasteiger partial charge is 0.353 e. The summed E-state index contributed by atoms with van der Waals surface area (Å²) in [7, 11) is 0. The van der Waals surface area contributed by atoms with E-state index in [1.54, 1.807) is 0 Å². The van der Waals surface area contributed by atoms with Crippen LogP contribution in [-0.4, -0.2) is 18.5 Å². The summed E-state index contributed by atoms with van der Waals surface area (Å²) < 4.78 is 12.4. The summed E-state index contributed by atoms with van der Waals surface area (Å²) in [6.45, 7) is 3.29. The molecule has 1 saturated heterocycles. The summed E-state index contributed by atoms with van der Waals surface area (Å²) in [5.41, 5.74) is 0.103. The van der Waals surface area contributed by atoms with Crippen molar-refractivity contribution in [3.63, 3.8) is 0 Å². The third kappa shape index (κ3) is 1.53. The van der Waals surface area contributed by atoms with Gasteiger partial charge in [0.1, 0.15) is 0 Å². The average molecular weight is 274 g/mol. The van der Waals surface area contributed by atoms with E-state index >= 15 is 0 Å². The van der Waals surface area contributed by atoms with Crippen molar-refractivity contribution in [3.8, 4) is 0 Å². The summed E-state index contributed by atoms with van der Waals surface area (Å²) in [5, 5.41) is 0. The van der Waals surface area contributed by atoms with Gasteiger partial charge in [0, 0.05) is 6.61 Å². The topological polar surface area (TPSA) is 18.5 Å². The number of fused-ring (bicyclic) bond motifs is 9. The third-order valence-electron chi connectivity index (χ3n) is 7.14. The highest BCUT2D eigenvalue weighted by atomic mass is 16.7. The first-order chi connectivity index (χ1) is 9.74. The first-order valence-corrected chi connectivity index (χ1v) is 8.72. The molecule has 2 nitrogen and oxygen atoms in total. The molecular formula is C18H26O2. The molecule has 8 unspecified atom stereocenters. The maximum atomic E-state index is 6.54. The number of ether oxygens (including phenoxy) is 2. The maximum Gasteiger partial charge on any atom is 0.158 e. The van der Waals surface area contributed by atoms with E-state index in [0.29, 0.717) is 0 Å². The van der Waals surface area contributed by atoms with Crippen molar-refractivity contribution in [1.29, 1.82) is 0 Å². The lowest BCUT2D eigenvalue weighted by Crippen LogP contribution is -2.46. The molecule has 0 spiro atoms. The molecule has 3 saturated carbocycles. The molecule has 5 rings (SSSR count). The minimum Gasteiger partial charge on any atom is -0.353 e. The summed E-state index contributed by atoms with van der Waals surface area (Å²) in [5.74, 6) is 5.43. The molecule has 0 aromatic rings. The van der Waals surface area contributed by atoms with Gasteiger partial charge in [-0.15, -0.1) is 0 Å². The Kier molecular flexibility index (Phi) is 2.51. The zero-order valence-corrected chi connectivity index (χ0v) is 12.5. The molecule has 4 aliphatic carbocycles. The molecule has 0 radical (unpaired) electrons. The Hall–Kier alpha value is -0.340. The zero-order chi connectivity index (χ0) is 13.3. The summed E-state index contributed by atoms with van der Waals surface area (Å²) in [4.78, 5) is 0. The first-order valence-electron chi connectivity index (χ1n) is 8.72. The van der Waals surface area contributed by atoms with Crippen molar-refractivity contribution in [1.82, 2.24) is 0 Å². The molecular weight excluding hydrogens is 248 g/mol. The van der Waals surface area contributed by atoms with Crippen LogP contribution in [0.15, 0.2) is 12.2 Å². The van der Waals surface area contributed by atoms with Gasteiger partial charge in [-0.05, 0) is 81.0 Å². The van der Waals surface area contributed by atoms with Gasteiger partial charge in [-0.1, -0.05) is 12.2 Å². The van der Waals surface area contributed by atoms with E-state index in [4.69, 9.17) is 9.47 Å². The fourth-order valence-electron chi connectivity index (χ4n) is 6.56. The van der Waals surface area contributed by atoms with Gasteiger partial charge in [0.25, 0.3) is 0 Å². The van der Waals surface area contributed by atoms with E-state index in [1.807, 2.05) is 0 Å². The zero-order valence-electron chi connectivity index (χ0n) is 12.5. The van der Waals surface area contributed by atoms with E-state index in [-0.39, 0.29) is 11.9 Å². The molecule has 0 aromatic carbocycles. The molecule has 110 valence electrons. The monoisotopic (exact) mass is 274 g/mol. The van der Waals surface area contributed by atoms with Crippen LogP contribution in [0.1, 0.15) is 45.4 Å². The Morgan fingerprint density at radius 3 is 2.75 bits per heavy atom. The second-order valence-electron chi connectivity index (χ2n) is 8.14. The highest BCUT2D eigenvalue weighted by Crippen LogP contribution is 2.68. The predicted molar refractivity (Wildman–Crippen MR) is 77.0 cm³/mol. The minimum absolute atomic E-state index is 0.0840. The van der Waals surface area contributed by atoms with Gasteiger partial charge in [-0.2, -0.15) is 0 Å². The summed E-state index contributed by atoms with van der Waals surface area (Å²) in [6.07, 6.45) is 12.9. The normalized spacial score (nSPS) is 59.4. The van der Waals surface area contributed by atoms with Gasteiger partial charge in [-0.25, -0.2) is 0 Å². The van der Waals surface area contributed by atoms with Crippen LogP contribution in [0.5, 0.6) is 0 Å². The van der Waals surface area contributed by atoms with Crippen LogP contribution < -0.4 is 0 Å². The van der Waals surface area contributed by atoms with Crippen molar-refractivity contribution in [3.05, 3.63) is 12.2 Å². The van der Waals surface area contributed by atoms with Crippen molar-refractivity contribution in [2.75, 3.05) is 6.61 Å². The van der Waals surface area contributed by atoms with Crippen LogP contribution in [0, 0.1) is 35.5 Å². The van der Waals surface area contributed by atoms with E-state index in [0.717, 1.165) is 48.5 Å². The lowest BCUT2D eigenvalue weighted by Gasteiger charge is -2.45. The Morgan fingerprint density at radius 2 is 1.95 bits per heavy atom. The molecule has 0 amide bonds. The molecule has 2 heteroatoms. The van der Waals surface area contributed by atoms with Crippen molar-refractivity contribution >= 4 is 0 Å². The van der Waals surface area contributed by atoms with Crippen LogP contribution in [0.3, 0.4) is 0 Å². The summed E-state index contributed by atoms with van der Waals surface area (Å²) >= 11 is 0. The second-order valence-corrected chi connectivity index (χ2v) is 8.14. The fraction of sp³-hybridized carbons (Fsp3) is 0.889. The van der Waals surface area contributed by atoms with Gasteiger partial charge < -0.3 is 9.47 Å². The van der Waals surface area contributed by atoms with Crippen molar-refractivity contribution in [2.24, 2.45) is 35.5 Å². The lowest BCUT2D eigenvalue weighted by molar-refractivity contribution is -0.240. The lowest BCUT2D eigenvalue weighted by atomic mass is 9.68. The second kappa shape index (κ2) is 4.10. The van der Waals surface area contributed by atoms with Crippen LogP contribution in [0.4, 0.5) is 0 Å². The minimum atomic E-state index is 0.0840. The molecule has 8 atom stereocenters. The fourth-order valence-corrected chi connectivity index (χ4v) is 6.56. The number of rotatable bonds is 2. The van der Waals surface area contributed by atoms with Crippen LogP contribution in [0.2, 0.25) is 0 Å². The molecule has 5 aliphatic rings. The molecule has 0 N–H and O–H groups in total.